The lowest BCUT2D eigenvalue weighted by Crippen LogP contribution is -2.39. The van der Waals surface area contributed by atoms with E-state index in [0.29, 0.717) is 5.75 Å². The van der Waals surface area contributed by atoms with E-state index >= 15 is 0 Å². The zero-order valence-electron chi connectivity index (χ0n) is 20.1. The highest BCUT2D eigenvalue weighted by Gasteiger charge is 2.38. The van der Waals surface area contributed by atoms with Crippen molar-refractivity contribution in [1.82, 2.24) is 0 Å². The number of benzene rings is 3. The normalized spacial score (nSPS) is 16.7. The molecule has 2 N–H and O–H groups in total. The molecule has 178 valence electrons. The van der Waals surface area contributed by atoms with E-state index in [1.54, 1.807) is 11.8 Å². The van der Waals surface area contributed by atoms with Gasteiger partial charge in [0.15, 0.2) is 5.78 Å². The van der Waals surface area contributed by atoms with Gasteiger partial charge in [-0.15, -0.1) is 11.8 Å². The van der Waals surface area contributed by atoms with Crippen LogP contribution in [-0.2, 0) is 9.54 Å². The summed E-state index contributed by atoms with van der Waals surface area (Å²) in [5, 5.41) is 0. The largest absolute Gasteiger partial charge is 0.321 e. The molecule has 1 unspecified atom stereocenters. The maximum absolute atomic E-state index is 13.5. The molecule has 4 rings (SSSR count). The highest BCUT2D eigenvalue weighted by atomic mass is 32.2. The summed E-state index contributed by atoms with van der Waals surface area (Å²) in [7, 11) is 0. The molecule has 0 amide bonds. The Bertz CT molecular complexity index is 899. The van der Waals surface area contributed by atoms with Gasteiger partial charge in [0.1, 0.15) is 0 Å². The summed E-state index contributed by atoms with van der Waals surface area (Å²) in [5.74, 6) is 0.972. The van der Waals surface area contributed by atoms with E-state index in [1.807, 2.05) is 0 Å². The molecule has 3 aromatic rings. The second-order valence-corrected chi connectivity index (χ2v) is 10.7. The van der Waals surface area contributed by atoms with Crippen LogP contribution >= 0.6 is 11.8 Å². The zero-order valence-corrected chi connectivity index (χ0v) is 20.9. The highest BCUT2D eigenvalue weighted by Crippen LogP contribution is 2.48. The Kier molecular flexibility index (Phi) is 9.01. The number of hydrogen-bond donors (Lipinski definition) is 1. The van der Waals surface area contributed by atoms with Crippen molar-refractivity contribution in [1.29, 1.82) is 0 Å². The number of carbonyl (C=O) groups is 1. The standard InChI is InChI=1S/C31H37NOS/c32-29(30(33)25-16-8-3-1-2-4-9-17-25)24-34-31(26-18-10-5-11-19-26,27-20-12-6-13-21-27)28-22-14-7-15-23-28/h5-7,10-15,18-23,25,29H,1-4,8-9,16-17,24,32H2. The van der Waals surface area contributed by atoms with E-state index < -0.39 is 10.8 Å². The summed E-state index contributed by atoms with van der Waals surface area (Å²) >= 11 is 1.80. The monoisotopic (exact) mass is 471 g/mol. The van der Waals surface area contributed by atoms with E-state index in [-0.39, 0.29) is 11.7 Å². The van der Waals surface area contributed by atoms with Gasteiger partial charge in [-0.1, -0.05) is 130 Å². The lowest BCUT2D eigenvalue weighted by molar-refractivity contribution is -0.124. The maximum Gasteiger partial charge on any atom is 0.153 e. The Labute approximate surface area is 209 Å². The minimum absolute atomic E-state index is 0.119. The Morgan fingerprint density at radius 2 is 1.09 bits per heavy atom. The molecule has 0 heterocycles. The summed E-state index contributed by atoms with van der Waals surface area (Å²) in [6.45, 7) is 0. The maximum atomic E-state index is 13.5. The Morgan fingerprint density at radius 3 is 1.50 bits per heavy atom. The molecule has 1 fully saturated rings. The molecule has 3 aromatic carbocycles. The number of Topliss-reactive ketones (excluding diaryl/α,β-unsaturated/α-hetero) is 1. The number of carbonyl (C=O) groups excluding carboxylic acids is 1. The summed E-state index contributed by atoms with van der Waals surface area (Å²) in [6, 6.07) is 31.5. The van der Waals surface area contributed by atoms with Gasteiger partial charge >= 0.3 is 0 Å². The minimum Gasteiger partial charge on any atom is -0.321 e. The summed E-state index contributed by atoms with van der Waals surface area (Å²) in [6.07, 6.45) is 9.39. The van der Waals surface area contributed by atoms with Gasteiger partial charge in [0, 0.05) is 11.7 Å². The number of rotatable bonds is 8. The fraction of sp³-hybridized carbons (Fsp3) is 0.387. The Hall–Kier alpha value is -2.36. The van der Waals surface area contributed by atoms with E-state index in [9.17, 15) is 4.79 Å². The van der Waals surface area contributed by atoms with Gasteiger partial charge < -0.3 is 5.73 Å². The summed E-state index contributed by atoms with van der Waals surface area (Å²) in [5.41, 5.74) is 10.3. The molecule has 0 saturated heterocycles. The quantitative estimate of drug-likeness (QED) is 0.349. The topological polar surface area (TPSA) is 43.1 Å². The van der Waals surface area contributed by atoms with Crippen LogP contribution in [0.15, 0.2) is 91.0 Å². The fourth-order valence-electron chi connectivity index (χ4n) is 5.29. The van der Waals surface area contributed by atoms with Crippen molar-refractivity contribution in [3.8, 4) is 0 Å². The first-order chi connectivity index (χ1) is 16.7. The molecule has 0 bridgehead atoms. The van der Waals surface area contributed by atoms with E-state index in [4.69, 9.17) is 5.73 Å². The molecule has 34 heavy (non-hydrogen) atoms. The molecule has 1 aliphatic rings. The molecule has 3 heteroatoms. The summed E-state index contributed by atoms with van der Waals surface area (Å²) in [4.78, 5) is 13.5. The number of nitrogens with two attached hydrogens (primary N) is 1. The number of hydrogen-bond acceptors (Lipinski definition) is 3. The van der Waals surface area contributed by atoms with Gasteiger partial charge in [-0.05, 0) is 29.5 Å². The second-order valence-electron chi connectivity index (χ2n) is 9.49. The van der Waals surface area contributed by atoms with Crippen LogP contribution in [-0.4, -0.2) is 17.6 Å². The molecule has 1 atom stereocenters. The van der Waals surface area contributed by atoms with E-state index in [1.165, 1.54) is 42.4 Å². The third kappa shape index (κ3) is 5.82. The van der Waals surface area contributed by atoms with Gasteiger partial charge in [-0.2, -0.15) is 0 Å². The van der Waals surface area contributed by atoms with Crippen LogP contribution in [0.5, 0.6) is 0 Å². The molecule has 0 aliphatic heterocycles. The first-order valence-corrected chi connectivity index (χ1v) is 13.8. The smallest absolute Gasteiger partial charge is 0.153 e. The van der Waals surface area contributed by atoms with Crippen LogP contribution in [0, 0.1) is 5.92 Å². The molecule has 0 spiro atoms. The van der Waals surface area contributed by atoms with Gasteiger partial charge in [0.05, 0.1) is 10.8 Å². The first-order valence-electron chi connectivity index (χ1n) is 12.8. The molecule has 1 aliphatic carbocycles. The van der Waals surface area contributed by atoms with E-state index in [2.05, 4.69) is 91.0 Å². The second kappa shape index (κ2) is 12.4. The van der Waals surface area contributed by atoms with Crippen LogP contribution in [0.3, 0.4) is 0 Å². The van der Waals surface area contributed by atoms with Crippen molar-refractivity contribution in [2.75, 3.05) is 5.75 Å². The van der Waals surface area contributed by atoms with Crippen LogP contribution in [0.25, 0.3) is 0 Å². The van der Waals surface area contributed by atoms with Gasteiger partial charge in [0.2, 0.25) is 0 Å². The minimum atomic E-state index is -0.453. The lowest BCUT2D eigenvalue weighted by atomic mass is 9.84. The van der Waals surface area contributed by atoms with E-state index in [0.717, 1.165) is 25.7 Å². The predicted molar refractivity (Wildman–Crippen MR) is 145 cm³/mol. The summed E-state index contributed by atoms with van der Waals surface area (Å²) < 4.78 is -0.430. The SMILES string of the molecule is NC(CSC(c1ccccc1)(c1ccccc1)c1ccccc1)C(=O)C1CCCCCCCC1. The van der Waals surface area contributed by atoms with Gasteiger partial charge in [-0.25, -0.2) is 0 Å². The highest BCUT2D eigenvalue weighted by molar-refractivity contribution is 8.00. The molecule has 2 nitrogen and oxygen atoms in total. The fourth-order valence-corrected chi connectivity index (χ4v) is 6.79. The zero-order chi connectivity index (χ0) is 23.6. The van der Waals surface area contributed by atoms with Crippen molar-refractivity contribution in [2.45, 2.75) is 62.2 Å². The Balaban J connectivity index is 1.64. The number of ketones is 1. The van der Waals surface area contributed by atoms with Gasteiger partial charge in [-0.3, -0.25) is 4.79 Å². The molecule has 1 saturated carbocycles. The predicted octanol–water partition coefficient (Wildman–Crippen LogP) is 7.36. The van der Waals surface area contributed by atoms with Crippen LogP contribution in [0.2, 0.25) is 0 Å². The van der Waals surface area contributed by atoms with Crippen LogP contribution in [0.1, 0.15) is 68.1 Å². The molecule has 0 radical (unpaired) electrons. The van der Waals surface area contributed by atoms with Crippen molar-refractivity contribution in [3.05, 3.63) is 108 Å². The third-order valence-electron chi connectivity index (χ3n) is 7.14. The molecule has 0 aromatic heterocycles. The van der Waals surface area contributed by atoms with Crippen molar-refractivity contribution >= 4 is 17.5 Å². The Morgan fingerprint density at radius 1 is 0.706 bits per heavy atom. The number of thioether (sulfide) groups is 1. The lowest BCUT2D eigenvalue weighted by Gasteiger charge is -2.36. The van der Waals surface area contributed by atoms with Gasteiger partial charge in [0.25, 0.3) is 0 Å². The van der Waals surface area contributed by atoms with Crippen molar-refractivity contribution in [3.63, 3.8) is 0 Å². The van der Waals surface area contributed by atoms with Crippen LogP contribution in [0.4, 0.5) is 0 Å². The average molecular weight is 472 g/mol. The third-order valence-corrected chi connectivity index (χ3v) is 8.81. The first kappa shape index (κ1) is 24.8. The average Bonchev–Trinajstić information content (AvgIpc) is 3.04. The molecular weight excluding hydrogens is 434 g/mol. The van der Waals surface area contributed by atoms with Crippen molar-refractivity contribution < 1.29 is 4.79 Å². The van der Waals surface area contributed by atoms with Crippen molar-refractivity contribution in [2.24, 2.45) is 11.7 Å². The molecular formula is C31H37NOS. The van der Waals surface area contributed by atoms with Crippen LogP contribution < -0.4 is 5.73 Å².